The van der Waals surface area contributed by atoms with Crippen LogP contribution in [0.4, 0.5) is 25.8 Å². The summed E-state index contributed by atoms with van der Waals surface area (Å²) in [5.74, 6) is -6.49. The number of hydrogen-bond acceptors (Lipinski definition) is 21. The molecule has 4 bridgehead atoms. The van der Waals surface area contributed by atoms with Gasteiger partial charge in [-0.15, -0.1) is 5.06 Å². The Labute approximate surface area is 537 Å². The summed E-state index contributed by atoms with van der Waals surface area (Å²) in [6.07, 6.45) is 6.09. The molecule has 3 N–H and O–H groups in total. The van der Waals surface area contributed by atoms with Crippen LogP contribution < -0.4 is 20.3 Å². The molecule has 3 saturated heterocycles. The number of ether oxygens (including phenoxy) is 8. The first-order chi connectivity index (χ1) is 43.6. The molecule has 6 rings (SSSR count). The molecule has 9 atom stereocenters. The van der Waals surface area contributed by atoms with Crippen LogP contribution in [-0.4, -0.2) is 184 Å². The number of amides is 6. The van der Waals surface area contributed by atoms with Crippen molar-refractivity contribution in [3.63, 3.8) is 0 Å². The van der Waals surface area contributed by atoms with Crippen molar-refractivity contribution in [2.75, 3.05) is 78.4 Å². The van der Waals surface area contributed by atoms with E-state index in [1.807, 2.05) is 38.1 Å². The second-order valence-corrected chi connectivity index (χ2v) is 24.1. The molecule has 4 heterocycles. The zero-order chi connectivity index (χ0) is 67.6. The van der Waals surface area contributed by atoms with Crippen LogP contribution in [0.3, 0.4) is 0 Å². The van der Waals surface area contributed by atoms with E-state index in [9.17, 15) is 53.1 Å². The average molecular weight is 1290 g/mol. The standard InChI is InChI=1S/C66H90N6O20/c1-13-14-15-16-17-18-29-86-58(77)35-47-23-22-45(32-48(47)67-38-59(78)92-72-55(74)24-25-56(72)75)39-88-64(82)70(9)28-27-69(8)63(81)87-30-26-50(73)41(3)42(4)61(79)90-54-36-57(76)71(10)49-33-46(34-51(84-11)43(49)5)31-40(2)20-19-21-53(85-12)66(83)37-52(89-62(80)68-66)44(6)60-65(54,7)91-60/h17-23,32-34,41-42,44,52-54,60,67,83H,13-16,24-31,35-39H2,1-12H3,(H,68,80)/b18-17+,21-19+,40-20+/t41?,42-,44-,52+,53?,54+,60+,65+,66?/m1/s1. The van der Waals surface area contributed by atoms with Crippen LogP contribution in [0.5, 0.6) is 5.75 Å². The van der Waals surface area contributed by atoms with Crippen molar-refractivity contribution in [1.82, 2.24) is 20.2 Å². The lowest BCUT2D eigenvalue weighted by Crippen LogP contribution is -2.63. The lowest BCUT2D eigenvalue weighted by atomic mass is 9.83. The molecule has 92 heavy (non-hydrogen) atoms. The molecule has 3 fully saturated rings. The molecular formula is C66H90N6O20. The van der Waals surface area contributed by atoms with Crippen LogP contribution in [0.15, 0.2) is 66.3 Å². The van der Waals surface area contributed by atoms with Crippen molar-refractivity contribution in [2.24, 2.45) is 17.8 Å². The smallest absolute Gasteiger partial charge is 0.409 e. The SMILES string of the molecule is CCCCC/C=C/COC(=O)Cc1ccc(COC(=O)N(C)CCN(C)C(=O)OCCC(=O)C(C)[C@@H](C)C(=O)O[C@H]2CC(=O)N(C)c3cc(cc(OC)c3C)C/C(C)=C/C=C/C(OC)C3(O)C[C@H](OC(=O)N3)[C@@H](C)[C@@H]3O[C@@]23C)cc1NCC(=O)ON1C(=O)CCC1=O. The Hall–Kier alpha value is -8.36. The van der Waals surface area contributed by atoms with Crippen molar-refractivity contribution in [1.29, 1.82) is 0 Å². The predicted octanol–water partition coefficient (Wildman–Crippen LogP) is 7.13. The zero-order valence-electron chi connectivity index (χ0n) is 54.8. The van der Waals surface area contributed by atoms with E-state index in [1.54, 1.807) is 64.2 Å². The highest BCUT2D eigenvalue weighted by molar-refractivity contribution is 6.02. The zero-order valence-corrected chi connectivity index (χ0v) is 54.8. The van der Waals surface area contributed by atoms with Gasteiger partial charge in [0.25, 0.3) is 11.8 Å². The van der Waals surface area contributed by atoms with Crippen molar-refractivity contribution in [2.45, 2.75) is 161 Å². The summed E-state index contributed by atoms with van der Waals surface area (Å²) < 4.78 is 46.0. The molecule has 6 amide bonds. The number of likely N-dealkylation sites (N-methyl/N-ethyl adjacent to an activating group) is 2. The Morgan fingerprint density at radius 2 is 1.60 bits per heavy atom. The second-order valence-electron chi connectivity index (χ2n) is 24.1. The molecular weight excluding hydrogens is 1200 g/mol. The second kappa shape index (κ2) is 33.3. The molecule has 26 heteroatoms. The summed E-state index contributed by atoms with van der Waals surface area (Å²) in [7, 11) is 7.45. The van der Waals surface area contributed by atoms with Crippen molar-refractivity contribution in [3.05, 3.63) is 88.5 Å². The lowest BCUT2D eigenvalue weighted by Gasteiger charge is -2.42. The van der Waals surface area contributed by atoms with Crippen LogP contribution in [0, 0.1) is 24.7 Å². The predicted molar refractivity (Wildman–Crippen MR) is 333 cm³/mol. The van der Waals surface area contributed by atoms with Crippen molar-refractivity contribution in [3.8, 4) is 5.75 Å². The summed E-state index contributed by atoms with van der Waals surface area (Å²) in [4.78, 5) is 140. The molecule has 26 nitrogen and oxygen atoms in total. The summed E-state index contributed by atoms with van der Waals surface area (Å²) in [6.45, 7) is 11.4. The number of allylic oxidation sites excluding steroid dienone is 4. The summed E-state index contributed by atoms with van der Waals surface area (Å²) >= 11 is 0. The fraction of sp³-hybridized carbons (Fsp3) is 0.576. The Morgan fingerprint density at radius 1 is 0.902 bits per heavy atom. The van der Waals surface area contributed by atoms with Crippen LogP contribution in [0.1, 0.15) is 122 Å². The highest BCUT2D eigenvalue weighted by atomic mass is 16.7. The number of esters is 2. The van der Waals surface area contributed by atoms with E-state index >= 15 is 0 Å². The first kappa shape index (κ1) is 72.7. The van der Waals surface area contributed by atoms with E-state index in [4.69, 9.17) is 42.7 Å². The van der Waals surface area contributed by atoms with E-state index in [-0.39, 0.29) is 71.4 Å². The number of Topliss-reactive ketones (excluding diaryl/α,β-unsaturated/α-hetero) is 1. The third-order valence-corrected chi connectivity index (χ3v) is 17.1. The highest BCUT2D eigenvalue weighted by Crippen LogP contribution is 2.49. The van der Waals surface area contributed by atoms with Crippen LogP contribution in [-0.2, 0) is 91.0 Å². The Bertz CT molecular complexity index is 3110. The quantitative estimate of drug-likeness (QED) is 0.0210. The number of methoxy groups -OCH3 is 2. The van der Waals surface area contributed by atoms with Crippen molar-refractivity contribution < 1.29 is 95.8 Å². The molecule has 3 unspecified atom stereocenters. The number of ketones is 1. The number of hydrogen-bond donors (Lipinski definition) is 3. The molecule has 0 radical (unpaired) electrons. The minimum atomic E-state index is -1.89. The number of carbonyl (C=O) groups excluding carboxylic acids is 10. The molecule has 2 aromatic rings. The van der Waals surface area contributed by atoms with Gasteiger partial charge in [0.2, 0.25) is 5.91 Å². The molecule has 504 valence electrons. The number of fused-ring (bicyclic) bond motifs is 5. The maximum atomic E-state index is 14.5. The number of alkyl carbamates (subject to hydrolysis) is 1. The number of rotatable bonds is 26. The highest BCUT2D eigenvalue weighted by Gasteiger charge is 2.64. The lowest BCUT2D eigenvalue weighted by molar-refractivity contribution is -0.196. The first-order valence-corrected chi connectivity index (χ1v) is 31.0. The Kier molecular flexibility index (Phi) is 26.3. The maximum Gasteiger partial charge on any atom is 0.409 e. The van der Waals surface area contributed by atoms with E-state index in [0.717, 1.165) is 36.8 Å². The number of nitrogens with zero attached hydrogens (tertiary/aromatic N) is 4. The minimum absolute atomic E-state index is 0.000821. The summed E-state index contributed by atoms with van der Waals surface area (Å²) in [5, 5.41) is 17.7. The number of aliphatic hydroxyl groups is 1. The number of anilines is 2. The van der Waals surface area contributed by atoms with Gasteiger partial charge in [-0.05, 0) is 74.9 Å². The van der Waals surface area contributed by atoms with E-state index in [1.165, 1.54) is 49.9 Å². The Morgan fingerprint density at radius 3 is 2.27 bits per heavy atom. The molecule has 2 aromatic carbocycles. The van der Waals surface area contributed by atoms with Gasteiger partial charge in [0.1, 0.15) is 61.8 Å². The maximum absolute atomic E-state index is 14.5. The topological polar surface area (TPSA) is 314 Å². The molecule has 4 aliphatic rings. The monoisotopic (exact) mass is 1290 g/mol. The van der Waals surface area contributed by atoms with Gasteiger partial charge in [-0.2, -0.15) is 0 Å². The number of epoxide rings is 1. The van der Waals surface area contributed by atoms with Gasteiger partial charge in [-0.1, -0.05) is 88.6 Å². The number of nitrogens with one attached hydrogen (secondary N) is 2. The number of benzene rings is 2. The number of imide groups is 1. The Balaban J connectivity index is 1.03. The van der Waals surface area contributed by atoms with Crippen LogP contribution in [0.2, 0.25) is 0 Å². The average Bonchev–Trinajstić information content (AvgIpc) is 1.57. The van der Waals surface area contributed by atoms with Gasteiger partial charge in [-0.3, -0.25) is 34.1 Å². The molecule has 0 saturated carbocycles. The molecule has 0 spiro atoms. The molecule has 4 aliphatic heterocycles. The van der Waals surface area contributed by atoms with Gasteiger partial charge < -0.3 is 67.9 Å². The van der Waals surface area contributed by atoms with Gasteiger partial charge >= 0.3 is 36.2 Å². The van der Waals surface area contributed by atoms with Gasteiger partial charge in [-0.25, -0.2) is 19.2 Å². The number of hydroxylamine groups is 2. The third-order valence-electron chi connectivity index (χ3n) is 17.1. The van der Waals surface area contributed by atoms with E-state index < -0.39 is 120 Å². The number of carbonyl (C=O) groups is 10. The van der Waals surface area contributed by atoms with E-state index in [0.29, 0.717) is 45.3 Å². The fourth-order valence-electron chi connectivity index (χ4n) is 10.9. The van der Waals surface area contributed by atoms with Gasteiger partial charge in [0.15, 0.2) is 5.72 Å². The normalized spacial score (nSPS) is 24.0. The largest absolute Gasteiger partial charge is 0.496 e. The number of unbranched alkanes of at least 4 members (excludes halogenated alkanes) is 3. The summed E-state index contributed by atoms with van der Waals surface area (Å²) in [5.41, 5.74) is 0.979. The minimum Gasteiger partial charge on any atom is -0.496 e. The van der Waals surface area contributed by atoms with Crippen LogP contribution >= 0.6 is 0 Å². The molecule has 0 aliphatic carbocycles. The van der Waals surface area contributed by atoms with Crippen LogP contribution in [0.25, 0.3) is 0 Å². The van der Waals surface area contributed by atoms with Gasteiger partial charge in [0.05, 0.1) is 37.7 Å². The first-order valence-electron chi connectivity index (χ1n) is 31.0. The summed E-state index contributed by atoms with van der Waals surface area (Å²) in [6, 6.07) is 8.55. The van der Waals surface area contributed by atoms with Crippen molar-refractivity contribution >= 4 is 71.1 Å². The molecule has 0 aromatic heterocycles. The van der Waals surface area contributed by atoms with Gasteiger partial charge in [0, 0.05) is 90.1 Å². The third kappa shape index (κ3) is 19.6. The fourth-order valence-corrected chi connectivity index (χ4v) is 10.9. The van der Waals surface area contributed by atoms with E-state index in [2.05, 4.69) is 17.6 Å².